The maximum absolute atomic E-state index is 12.5. The number of benzene rings is 1. The largest absolute Gasteiger partial charge is 0.469 e. The van der Waals surface area contributed by atoms with Crippen molar-refractivity contribution < 1.29 is 14.3 Å². The van der Waals surface area contributed by atoms with E-state index in [1.165, 1.54) is 13.5 Å². The number of nitrogens with one attached hydrogen (secondary N) is 1. The zero-order valence-corrected chi connectivity index (χ0v) is 13.4. The van der Waals surface area contributed by atoms with Crippen LogP contribution < -0.4 is 5.32 Å². The summed E-state index contributed by atoms with van der Waals surface area (Å²) in [4.78, 5) is 24.1. The highest BCUT2D eigenvalue weighted by atomic mass is 16.5. The molecule has 0 aromatic heterocycles. The summed E-state index contributed by atoms with van der Waals surface area (Å²) in [6, 6.07) is 7.47. The topological polar surface area (TPSA) is 55.4 Å². The molecule has 1 unspecified atom stereocenters. The molecule has 3 fully saturated rings. The van der Waals surface area contributed by atoms with Gasteiger partial charge in [-0.05, 0) is 49.3 Å². The zero-order valence-electron chi connectivity index (χ0n) is 13.4. The summed E-state index contributed by atoms with van der Waals surface area (Å²) >= 11 is 0. The van der Waals surface area contributed by atoms with Crippen LogP contribution in [-0.2, 0) is 14.3 Å². The van der Waals surface area contributed by atoms with Crippen molar-refractivity contribution in [2.45, 2.75) is 45.4 Å². The molecule has 2 bridgehead atoms. The van der Waals surface area contributed by atoms with Crippen LogP contribution in [-0.4, -0.2) is 19.0 Å². The molecule has 4 heteroatoms. The molecular weight excluding hydrogens is 278 g/mol. The predicted octanol–water partition coefficient (Wildman–Crippen LogP) is 3.48. The SMILES string of the molecule is CCC12CC(C(=O)Nc3cccc(C(C)C(=O)OC)c3)(C1)C2. The van der Waals surface area contributed by atoms with Crippen molar-refractivity contribution in [3.05, 3.63) is 29.8 Å². The fourth-order valence-electron chi connectivity index (χ4n) is 4.08. The molecule has 3 aliphatic carbocycles. The van der Waals surface area contributed by atoms with E-state index in [-0.39, 0.29) is 23.2 Å². The van der Waals surface area contributed by atoms with E-state index in [4.69, 9.17) is 4.74 Å². The second-order valence-electron chi connectivity index (χ2n) is 6.99. The van der Waals surface area contributed by atoms with Crippen molar-refractivity contribution in [2.24, 2.45) is 10.8 Å². The van der Waals surface area contributed by atoms with Crippen molar-refractivity contribution in [3.63, 3.8) is 0 Å². The Bertz CT molecular complexity index is 603. The first kappa shape index (κ1) is 15.1. The molecule has 1 amide bonds. The fourth-order valence-corrected chi connectivity index (χ4v) is 4.08. The van der Waals surface area contributed by atoms with Crippen LogP contribution in [0.2, 0.25) is 0 Å². The molecule has 118 valence electrons. The van der Waals surface area contributed by atoms with Gasteiger partial charge in [0, 0.05) is 5.69 Å². The van der Waals surface area contributed by atoms with Crippen LogP contribution in [0.5, 0.6) is 0 Å². The molecule has 0 radical (unpaired) electrons. The molecule has 3 aliphatic rings. The Morgan fingerprint density at radius 3 is 2.59 bits per heavy atom. The van der Waals surface area contributed by atoms with E-state index in [0.717, 1.165) is 30.5 Å². The van der Waals surface area contributed by atoms with E-state index in [1.54, 1.807) is 6.92 Å². The minimum atomic E-state index is -0.333. The molecular formula is C18H23NO3. The molecule has 0 saturated heterocycles. The third-order valence-corrected chi connectivity index (χ3v) is 5.57. The molecule has 1 aromatic carbocycles. The van der Waals surface area contributed by atoms with Crippen LogP contribution in [0, 0.1) is 10.8 Å². The number of anilines is 1. The maximum atomic E-state index is 12.5. The van der Waals surface area contributed by atoms with E-state index < -0.39 is 0 Å². The average Bonchev–Trinajstić information content (AvgIpc) is 2.43. The third-order valence-electron chi connectivity index (χ3n) is 5.57. The van der Waals surface area contributed by atoms with Gasteiger partial charge in [-0.15, -0.1) is 0 Å². The molecule has 3 saturated carbocycles. The predicted molar refractivity (Wildman–Crippen MR) is 84.5 cm³/mol. The lowest BCUT2D eigenvalue weighted by molar-refractivity contribution is -0.203. The molecule has 0 heterocycles. The first-order valence-corrected chi connectivity index (χ1v) is 7.93. The standard InChI is InChI=1S/C18H23NO3/c1-4-17-9-18(10-17,11-17)16(21)19-14-7-5-6-13(8-14)12(2)15(20)22-3/h5-8,12H,4,9-11H2,1-3H3,(H,19,21). The first-order chi connectivity index (χ1) is 10.4. The fraction of sp³-hybridized carbons (Fsp3) is 0.556. The molecule has 4 nitrogen and oxygen atoms in total. The second-order valence-corrected chi connectivity index (χ2v) is 6.99. The van der Waals surface area contributed by atoms with Gasteiger partial charge in [-0.2, -0.15) is 0 Å². The lowest BCUT2D eigenvalue weighted by Crippen LogP contribution is -2.66. The number of carbonyl (C=O) groups is 2. The molecule has 4 rings (SSSR count). The lowest BCUT2D eigenvalue weighted by Gasteiger charge is -2.69. The summed E-state index contributed by atoms with van der Waals surface area (Å²) in [6.45, 7) is 4.01. The van der Waals surface area contributed by atoms with Gasteiger partial charge in [-0.3, -0.25) is 9.59 Å². The highest BCUT2D eigenvalue weighted by Crippen LogP contribution is 2.74. The first-order valence-electron chi connectivity index (χ1n) is 7.93. The molecule has 22 heavy (non-hydrogen) atoms. The normalized spacial score (nSPS) is 29.8. The van der Waals surface area contributed by atoms with E-state index in [1.807, 2.05) is 24.3 Å². The van der Waals surface area contributed by atoms with Gasteiger partial charge < -0.3 is 10.1 Å². The Balaban J connectivity index is 1.67. The number of rotatable bonds is 5. The van der Waals surface area contributed by atoms with E-state index in [9.17, 15) is 9.59 Å². The molecule has 0 spiro atoms. The number of hydrogen-bond donors (Lipinski definition) is 1. The summed E-state index contributed by atoms with van der Waals surface area (Å²) in [7, 11) is 1.39. The molecule has 1 aromatic rings. The molecule has 1 atom stereocenters. The number of ether oxygens (including phenoxy) is 1. The highest BCUT2D eigenvalue weighted by Gasteiger charge is 2.70. The number of esters is 1. The van der Waals surface area contributed by atoms with Crippen LogP contribution in [0.4, 0.5) is 5.69 Å². The highest BCUT2D eigenvalue weighted by molar-refractivity contribution is 5.98. The summed E-state index contributed by atoms with van der Waals surface area (Å²) in [5, 5.41) is 3.02. The monoisotopic (exact) mass is 301 g/mol. The van der Waals surface area contributed by atoms with Gasteiger partial charge in [0.25, 0.3) is 0 Å². The Hall–Kier alpha value is -1.84. The van der Waals surface area contributed by atoms with Gasteiger partial charge in [-0.25, -0.2) is 0 Å². The van der Waals surface area contributed by atoms with Crippen LogP contribution in [0.3, 0.4) is 0 Å². The van der Waals surface area contributed by atoms with Gasteiger partial charge in [0.05, 0.1) is 18.4 Å². The molecule has 0 aliphatic heterocycles. The van der Waals surface area contributed by atoms with Crippen LogP contribution in [0.15, 0.2) is 24.3 Å². The van der Waals surface area contributed by atoms with Crippen molar-refractivity contribution in [3.8, 4) is 0 Å². The van der Waals surface area contributed by atoms with Gasteiger partial charge in [0.2, 0.25) is 5.91 Å². The maximum Gasteiger partial charge on any atom is 0.312 e. The second kappa shape index (κ2) is 5.11. The van der Waals surface area contributed by atoms with Gasteiger partial charge in [-0.1, -0.05) is 25.5 Å². The van der Waals surface area contributed by atoms with Crippen molar-refractivity contribution in [1.29, 1.82) is 0 Å². The van der Waals surface area contributed by atoms with E-state index in [0.29, 0.717) is 5.41 Å². The van der Waals surface area contributed by atoms with Gasteiger partial charge >= 0.3 is 5.97 Å². The van der Waals surface area contributed by atoms with Crippen molar-refractivity contribution >= 4 is 17.6 Å². The number of hydrogen-bond acceptors (Lipinski definition) is 3. The smallest absolute Gasteiger partial charge is 0.312 e. The summed E-state index contributed by atoms with van der Waals surface area (Å²) in [5.74, 6) is -0.473. The zero-order chi connectivity index (χ0) is 16.0. The summed E-state index contributed by atoms with van der Waals surface area (Å²) in [6.07, 6.45) is 4.26. The Morgan fingerprint density at radius 1 is 1.32 bits per heavy atom. The van der Waals surface area contributed by atoms with Crippen LogP contribution in [0.25, 0.3) is 0 Å². The summed E-state index contributed by atoms with van der Waals surface area (Å²) in [5.41, 5.74) is 1.94. The Kier molecular flexibility index (Phi) is 3.50. The van der Waals surface area contributed by atoms with Crippen LogP contribution in [0.1, 0.15) is 51.0 Å². The van der Waals surface area contributed by atoms with Gasteiger partial charge in [0.15, 0.2) is 0 Å². The lowest BCUT2D eigenvalue weighted by atomic mass is 9.34. The van der Waals surface area contributed by atoms with Gasteiger partial charge in [0.1, 0.15) is 0 Å². The number of methoxy groups -OCH3 is 1. The number of carbonyl (C=O) groups excluding carboxylic acids is 2. The quantitative estimate of drug-likeness (QED) is 0.847. The van der Waals surface area contributed by atoms with Crippen LogP contribution >= 0.6 is 0 Å². The van der Waals surface area contributed by atoms with E-state index >= 15 is 0 Å². The number of amides is 1. The summed E-state index contributed by atoms with van der Waals surface area (Å²) < 4.78 is 4.77. The Morgan fingerprint density at radius 2 is 2.00 bits per heavy atom. The third kappa shape index (κ3) is 2.21. The van der Waals surface area contributed by atoms with E-state index in [2.05, 4.69) is 12.2 Å². The molecule has 1 N–H and O–H groups in total. The minimum Gasteiger partial charge on any atom is -0.469 e. The minimum absolute atomic E-state index is 0.125. The van der Waals surface area contributed by atoms with Crippen molar-refractivity contribution in [1.82, 2.24) is 0 Å². The van der Waals surface area contributed by atoms with Crippen molar-refractivity contribution in [2.75, 3.05) is 12.4 Å². The Labute approximate surface area is 131 Å². The average molecular weight is 301 g/mol.